The van der Waals surface area contributed by atoms with E-state index in [0.29, 0.717) is 0 Å². The van der Waals surface area contributed by atoms with Gasteiger partial charge in [-0.25, -0.2) is 0 Å². The van der Waals surface area contributed by atoms with Crippen LogP contribution in [0.1, 0.15) is 53.4 Å². The summed E-state index contributed by atoms with van der Waals surface area (Å²) in [5.41, 5.74) is 0. The SMILES string of the molecule is CCC(C)C1CN(C2C3C4CCC(C4)C32)C(C(C)C)CN1. The molecule has 4 rings (SSSR count). The van der Waals surface area contributed by atoms with E-state index in [2.05, 4.69) is 37.9 Å². The average Bonchev–Trinajstić information content (AvgIpc) is 2.92. The van der Waals surface area contributed by atoms with Crippen molar-refractivity contribution in [1.29, 1.82) is 0 Å². The zero-order valence-electron chi connectivity index (χ0n) is 14.4. The van der Waals surface area contributed by atoms with Crippen LogP contribution < -0.4 is 5.32 Å². The van der Waals surface area contributed by atoms with Gasteiger partial charge in [0.05, 0.1) is 0 Å². The van der Waals surface area contributed by atoms with Crippen molar-refractivity contribution in [1.82, 2.24) is 10.2 Å². The maximum Gasteiger partial charge on any atom is 0.0247 e. The smallest absolute Gasteiger partial charge is 0.0247 e. The lowest BCUT2D eigenvalue weighted by Gasteiger charge is -2.45. The minimum atomic E-state index is 0.726. The fourth-order valence-corrected chi connectivity index (χ4v) is 6.17. The molecule has 2 bridgehead atoms. The molecule has 2 heteroatoms. The number of piperazine rings is 1. The van der Waals surface area contributed by atoms with Crippen molar-refractivity contribution in [3.63, 3.8) is 0 Å². The summed E-state index contributed by atoms with van der Waals surface area (Å²) in [5.74, 6) is 6.01. The Bertz CT molecular complexity index is 377. The molecule has 0 spiro atoms. The summed E-state index contributed by atoms with van der Waals surface area (Å²) in [6.07, 6.45) is 5.99. The Morgan fingerprint density at radius 3 is 2.33 bits per heavy atom. The van der Waals surface area contributed by atoms with Crippen LogP contribution in [0.2, 0.25) is 0 Å². The molecule has 0 aromatic rings. The third kappa shape index (κ3) is 2.20. The Kier molecular flexibility index (Phi) is 3.61. The molecule has 0 aromatic carbocycles. The first-order valence-electron chi connectivity index (χ1n) is 9.61. The van der Waals surface area contributed by atoms with Crippen molar-refractivity contribution in [2.45, 2.75) is 71.5 Å². The Hall–Kier alpha value is -0.0800. The zero-order valence-corrected chi connectivity index (χ0v) is 14.4. The highest BCUT2D eigenvalue weighted by Gasteiger charge is 2.67. The van der Waals surface area contributed by atoms with Crippen molar-refractivity contribution >= 4 is 0 Å². The quantitative estimate of drug-likeness (QED) is 0.854. The maximum absolute atomic E-state index is 3.88. The van der Waals surface area contributed by atoms with E-state index in [9.17, 15) is 0 Å². The van der Waals surface area contributed by atoms with Crippen LogP contribution in [0.25, 0.3) is 0 Å². The largest absolute Gasteiger partial charge is 0.311 e. The van der Waals surface area contributed by atoms with Gasteiger partial charge in [-0.15, -0.1) is 0 Å². The first kappa shape index (κ1) is 14.5. The summed E-state index contributed by atoms with van der Waals surface area (Å²) in [5, 5.41) is 3.88. The number of fused-ring (bicyclic) bond motifs is 5. The van der Waals surface area contributed by atoms with Gasteiger partial charge in [0.2, 0.25) is 0 Å². The molecule has 0 amide bonds. The molecule has 7 atom stereocenters. The second-order valence-corrected chi connectivity index (χ2v) is 8.89. The van der Waals surface area contributed by atoms with E-state index in [-0.39, 0.29) is 0 Å². The monoisotopic (exact) mass is 290 g/mol. The molecule has 3 aliphatic carbocycles. The van der Waals surface area contributed by atoms with Crippen molar-refractivity contribution in [3.8, 4) is 0 Å². The molecular weight excluding hydrogens is 256 g/mol. The molecule has 1 aliphatic heterocycles. The van der Waals surface area contributed by atoms with Gasteiger partial charge in [-0.3, -0.25) is 4.90 Å². The van der Waals surface area contributed by atoms with E-state index in [1.54, 1.807) is 19.3 Å². The van der Waals surface area contributed by atoms with Crippen LogP contribution in [0.5, 0.6) is 0 Å². The first-order chi connectivity index (χ1) is 10.1. The molecule has 120 valence electrons. The number of hydrogen-bond donors (Lipinski definition) is 1. The van der Waals surface area contributed by atoms with Gasteiger partial charge < -0.3 is 5.32 Å². The lowest BCUT2D eigenvalue weighted by Crippen LogP contribution is -2.61. The van der Waals surface area contributed by atoms with Crippen molar-refractivity contribution in [3.05, 3.63) is 0 Å². The van der Waals surface area contributed by atoms with Gasteiger partial charge >= 0.3 is 0 Å². The summed E-state index contributed by atoms with van der Waals surface area (Å²) in [6, 6.07) is 2.47. The fraction of sp³-hybridized carbons (Fsp3) is 1.00. The third-order valence-electron chi connectivity index (χ3n) is 7.60. The lowest BCUT2D eigenvalue weighted by atomic mass is 9.91. The van der Waals surface area contributed by atoms with E-state index >= 15 is 0 Å². The highest BCUT2D eigenvalue weighted by atomic mass is 15.3. The van der Waals surface area contributed by atoms with Crippen LogP contribution in [-0.2, 0) is 0 Å². The number of nitrogens with zero attached hydrogens (tertiary/aromatic N) is 1. The number of rotatable bonds is 4. The molecule has 1 heterocycles. The van der Waals surface area contributed by atoms with Gasteiger partial charge in [-0.1, -0.05) is 34.1 Å². The van der Waals surface area contributed by atoms with E-state index in [0.717, 1.165) is 53.6 Å². The molecule has 4 fully saturated rings. The summed E-state index contributed by atoms with van der Waals surface area (Å²) in [6.45, 7) is 12.2. The van der Waals surface area contributed by atoms with Gasteiger partial charge in [-0.05, 0) is 54.8 Å². The summed E-state index contributed by atoms with van der Waals surface area (Å²) < 4.78 is 0. The first-order valence-corrected chi connectivity index (χ1v) is 9.61. The van der Waals surface area contributed by atoms with E-state index < -0.39 is 0 Å². The van der Waals surface area contributed by atoms with Crippen molar-refractivity contribution in [2.24, 2.45) is 35.5 Å². The van der Waals surface area contributed by atoms with Gasteiger partial charge in [0.15, 0.2) is 0 Å². The Morgan fingerprint density at radius 2 is 1.76 bits per heavy atom. The maximum atomic E-state index is 3.88. The van der Waals surface area contributed by atoms with Crippen molar-refractivity contribution in [2.75, 3.05) is 13.1 Å². The second-order valence-electron chi connectivity index (χ2n) is 8.89. The molecular formula is C19H34N2. The fourth-order valence-electron chi connectivity index (χ4n) is 6.17. The highest BCUT2D eigenvalue weighted by Crippen LogP contribution is 2.67. The van der Waals surface area contributed by atoms with Crippen LogP contribution in [0.15, 0.2) is 0 Å². The van der Waals surface area contributed by atoms with Crippen LogP contribution in [0, 0.1) is 35.5 Å². The normalized spacial score (nSPS) is 50.4. The Labute approximate surface area is 131 Å². The molecule has 2 nitrogen and oxygen atoms in total. The number of hydrogen-bond acceptors (Lipinski definition) is 2. The van der Waals surface area contributed by atoms with Crippen LogP contribution in [-0.4, -0.2) is 36.1 Å². The average molecular weight is 290 g/mol. The van der Waals surface area contributed by atoms with Crippen LogP contribution in [0.3, 0.4) is 0 Å². The molecule has 0 radical (unpaired) electrons. The van der Waals surface area contributed by atoms with E-state index in [1.165, 1.54) is 19.5 Å². The van der Waals surface area contributed by atoms with Gasteiger partial charge in [0.25, 0.3) is 0 Å². The van der Waals surface area contributed by atoms with E-state index in [4.69, 9.17) is 0 Å². The highest BCUT2D eigenvalue weighted by molar-refractivity contribution is 5.19. The Balaban J connectivity index is 1.50. The van der Waals surface area contributed by atoms with E-state index in [1.807, 2.05) is 0 Å². The predicted molar refractivity (Wildman–Crippen MR) is 88.2 cm³/mol. The minimum absolute atomic E-state index is 0.726. The van der Waals surface area contributed by atoms with Gasteiger partial charge in [0.1, 0.15) is 0 Å². The molecule has 1 saturated heterocycles. The third-order valence-corrected chi connectivity index (χ3v) is 7.60. The summed E-state index contributed by atoms with van der Waals surface area (Å²) in [4.78, 5) is 2.98. The van der Waals surface area contributed by atoms with Crippen LogP contribution >= 0.6 is 0 Å². The van der Waals surface area contributed by atoms with Crippen molar-refractivity contribution < 1.29 is 0 Å². The van der Waals surface area contributed by atoms with Gasteiger partial charge in [-0.2, -0.15) is 0 Å². The second kappa shape index (κ2) is 5.23. The number of nitrogens with one attached hydrogen (secondary N) is 1. The molecule has 1 N–H and O–H groups in total. The summed E-state index contributed by atoms with van der Waals surface area (Å²) in [7, 11) is 0. The molecule has 21 heavy (non-hydrogen) atoms. The zero-order chi connectivity index (χ0) is 14.7. The molecule has 0 aromatic heterocycles. The van der Waals surface area contributed by atoms with Crippen LogP contribution in [0.4, 0.5) is 0 Å². The predicted octanol–water partition coefficient (Wildman–Crippen LogP) is 3.38. The lowest BCUT2D eigenvalue weighted by molar-refractivity contribution is 0.0595. The summed E-state index contributed by atoms with van der Waals surface area (Å²) >= 11 is 0. The molecule has 3 saturated carbocycles. The standard InChI is InChI=1S/C19H34N2/c1-5-12(4)15-10-21(16(9-20-15)11(2)3)19-17-13-6-7-14(8-13)18(17)19/h11-20H,5-10H2,1-4H3. The topological polar surface area (TPSA) is 15.3 Å². The molecule has 7 unspecified atom stereocenters. The Morgan fingerprint density at radius 1 is 1.10 bits per heavy atom. The minimum Gasteiger partial charge on any atom is -0.311 e. The van der Waals surface area contributed by atoms with Gasteiger partial charge in [0, 0.05) is 31.2 Å². The molecule has 4 aliphatic rings.